The quantitative estimate of drug-likeness (QED) is 0.748. The lowest BCUT2D eigenvalue weighted by molar-refractivity contribution is -0.142. The Labute approximate surface area is 128 Å². The number of hydrogen-bond donors (Lipinski definition) is 3. The van der Waals surface area contributed by atoms with Gasteiger partial charge in [0.25, 0.3) is 0 Å². The molecule has 3 atom stereocenters. The molecule has 1 aromatic rings. The number of carboxylic acids is 1. The predicted molar refractivity (Wildman–Crippen MR) is 82.4 cm³/mol. The number of nitrogens with one attached hydrogen (secondary N) is 2. The Morgan fingerprint density at radius 3 is 2.76 bits per heavy atom. The van der Waals surface area contributed by atoms with Gasteiger partial charge < -0.3 is 15.7 Å². The number of carbonyl (C=O) groups is 2. The van der Waals surface area contributed by atoms with E-state index in [9.17, 15) is 14.7 Å². The first kappa shape index (κ1) is 15.8. The van der Waals surface area contributed by atoms with E-state index in [1.165, 1.54) is 0 Å². The van der Waals surface area contributed by atoms with Gasteiger partial charge in [0.15, 0.2) is 0 Å². The second-order valence-electron chi connectivity index (χ2n) is 5.59. The molecule has 1 fully saturated rings. The molecule has 1 heterocycles. The SMILES string of the molecule is CC(NC(=O)NC1CCCCCC1C(=O)O)c1ccsc1. The average molecular weight is 310 g/mol. The van der Waals surface area contributed by atoms with Crippen molar-refractivity contribution in [2.75, 3.05) is 0 Å². The summed E-state index contributed by atoms with van der Waals surface area (Å²) in [5.41, 5.74) is 1.06. The molecule has 5 nitrogen and oxygen atoms in total. The van der Waals surface area contributed by atoms with Crippen LogP contribution in [0.4, 0.5) is 4.79 Å². The molecule has 6 heteroatoms. The Morgan fingerprint density at radius 1 is 1.33 bits per heavy atom. The van der Waals surface area contributed by atoms with Gasteiger partial charge in [-0.15, -0.1) is 0 Å². The van der Waals surface area contributed by atoms with Gasteiger partial charge in [0, 0.05) is 6.04 Å². The number of aliphatic carboxylic acids is 1. The minimum atomic E-state index is -0.812. The van der Waals surface area contributed by atoms with E-state index in [0.29, 0.717) is 6.42 Å². The topological polar surface area (TPSA) is 78.4 Å². The molecule has 2 rings (SSSR count). The van der Waals surface area contributed by atoms with E-state index >= 15 is 0 Å². The number of carbonyl (C=O) groups excluding carboxylic acids is 1. The monoisotopic (exact) mass is 310 g/mol. The summed E-state index contributed by atoms with van der Waals surface area (Å²) in [6, 6.07) is 1.33. The van der Waals surface area contributed by atoms with Gasteiger partial charge in [-0.05, 0) is 42.2 Å². The van der Waals surface area contributed by atoms with Crippen molar-refractivity contribution in [3.63, 3.8) is 0 Å². The van der Waals surface area contributed by atoms with Crippen LogP contribution in [-0.4, -0.2) is 23.1 Å². The van der Waals surface area contributed by atoms with E-state index in [2.05, 4.69) is 10.6 Å². The number of thiophene rings is 1. The van der Waals surface area contributed by atoms with Crippen molar-refractivity contribution < 1.29 is 14.7 Å². The molecule has 1 saturated carbocycles. The maximum absolute atomic E-state index is 12.1. The van der Waals surface area contributed by atoms with Crippen LogP contribution in [0.5, 0.6) is 0 Å². The molecule has 3 N–H and O–H groups in total. The van der Waals surface area contributed by atoms with Crippen molar-refractivity contribution in [2.45, 2.75) is 51.1 Å². The second-order valence-corrected chi connectivity index (χ2v) is 6.37. The van der Waals surface area contributed by atoms with E-state index in [-0.39, 0.29) is 18.1 Å². The third kappa shape index (κ3) is 4.46. The Bertz CT molecular complexity index is 475. The van der Waals surface area contributed by atoms with E-state index in [1.54, 1.807) is 11.3 Å². The Kier molecular flexibility index (Phi) is 5.61. The highest BCUT2D eigenvalue weighted by Gasteiger charge is 2.30. The summed E-state index contributed by atoms with van der Waals surface area (Å²) < 4.78 is 0. The van der Waals surface area contributed by atoms with Crippen LogP contribution >= 0.6 is 11.3 Å². The summed E-state index contributed by atoms with van der Waals surface area (Å²) in [4.78, 5) is 23.4. The lowest BCUT2D eigenvalue weighted by Gasteiger charge is -2.24. The Balaban J connectivity index is 1.91. The van der Waals surface area contributed by atoms with Crippen molar-refractivity contribution >= 4 is 23.3 Å². The summed E-state index contributed by atoms with van der Waals surface area (Å²) in [5.74, 6) is -1.29. The molecule has 1 aromatic heterocycles. The number of amides is 2. The van der Waals surface area contributed by atoms with Gasteiger partial charge in [-0.1, -0.05) is 19.3 Å². The minimum absolute atomic E-state index is 0.0784. The van der Waals surface area contributed by atoms with Crippen LogP contribution < -0.4 is 10.6 Å². The van der Waals surface area contributed by atoms with Gasteiger partial charge in [0.2, 0.25) is 0 Å². The zero-order valence-corrected chi connectivity index (χ0v) is 13.0. The predicted octanol–water partition coefficient (Wildman–Crippen LogP) is 3.14. The molecule has 2 amide bonds. The van der Waals surface area contributed by atoms with Crippen molar-refractivity contribution in [2.24, 2.45) is 5.92 Å². The Hall–Kier alpha value is -1.56. The van der Waals surface area contributed by atoms with E-state index in [1.807, 2.05) is 23.8 Å². The standard InChI is InChI=1S/C15H22N2O3S/c1-10(11-7-8-21-9-11)16-15(20)17-13-6-4-2-3-5-12(13)14(18)19/h7-10,12-13H,2-6H2,1H3,(H,18,19)(H2,16,17,20). The molecule has 0 saturated heterocycles. The van der Waals surface area contributed by atoms with Gasteiger partial charge in [-0.2, -0.15) is 11.3 Å². The highest BCUT2D eigenvalue weighted by molar-refractivity contribution is 7.07. The first-order valence-electron chi connectivity index (χ1n) is 7.40. The second kappa shape index (κ2) is 7.45. The summed E-state index contributed by atoms with van der Waals surface area (Å²) >= 11 is 1.59. The normalized spacial score (nSPS) is 23.9. The minimum Gasteiger partial charge on any atom is -0.481 e. The highest BCUT2D eigenvalue weighted by Crippen LogP contribution is 2.24. The van der Waals surface area contributed by atoms with Crippen LogP contribution in [0.25, 0.3) is 0 Å². The smallest absolute Gasteiger partial charge is 0.315 e. The fourth-order valence-electron chi connectivity index (χ4n) is 2.79. The molecular formula is C15H22N2O3S. The zero-order valence-electron chi connectivity index (χ0n) is 12.2. The largest absolute Gasteiger partial charge is 0.481 e. The number of carboxylic acid groups (broad SMARTS) is 1. The molecule has 0 spiro atoms. The number of rotatable bonds is 4. The Morgan fingerprint density at radius 2 is 2.10 bits per heavy atom. The first-order chi connectivity index (χ1) is 10.1. The van der Waals surface area contributed by atoms with Crippen molar-refractivity contribution in [1.82, 2.24) is 10.6 Å². The molecule has 0 bridgehead atoms. The van der Waals surface area contributed by atoms with Crippen LogP contribution in [0.15, 0.2) is 16.8 Å². The van der Waals surface area contributed by atoms with Gasteiger partial charge in [0.05, 0.1) is 12.0 Å². The lowest BCUT2D eigenvalue weighted by atomic mass is 9.95. The van der Waals surface area contributed by atoms with Crippen molar-refractivity contribution in [3.05, 3.63) is 22.4 Å². The van der Waals surface area contributed by atoms with Crippen LogP contribution in [-0.2, 0) is 4.79 Å². The van der Waals surface area contributed by atoms with Crippen molar-refractivity contribution in [1.29, 1.82) is 0 Å². The summed E-state index contributed by atoms with van der Waals surface area (Å²) in [5, 5.41) is 19.0. The van der Waals surface area contributed by atoms with Crippen LogP contribution in [0.2, 0.25) is 0 Å². The maximum Gasteiger partial charge on any atom is 0.315 e. The van der Waals surface area contributed by atoms with Gasteiger partial charge in [0.1, 0.15) is 0 Å². The molecule has 0 aromatic carbocycles. The molecule has 0 radical (unpaired) electrons. The third-order valence-corrected chi connectivity index (χ3v) is 4.74. The third-order valence-electron chi connectivity index (χ3n) is 4.04. The van der Waals surface area contributed by atoms with E-state index in [0.717, 1.165) is 31.2 Å². The molecular weight excluding hydrogens is 288 g/mol. The van der Waals surface area contributed by atoms with Gasteiger partial charge in [-0.3, -0.25) is 4.79 Å². The zero-order chi connectivity index (χ0) is 15.2. The lowest BCUT2D eigenvalue weighted by Crippen LogP contribution is -2.47. The summed E-state index contributed by atoms with van der Waals surface area (Å²) in [6.45, 7) is 1.92. The fraction of sp³-hybridized carbons (Fsp3) is 0.600. The van der Waals surface area contributed by atoms with Crippen LogP contribution in [0.1, 0.15) is 50.6 Å². The summed E-state index contributed by atoms with van der Waals surface area (Å²) in [7, 11) is 0. The summed E-state index contributed by atoms with van der Waals surface area (Å²) in [6.07, 6.45) is 4.29. The average Bonchev–Trinajstić information content (AvgIpc) is 2.86. The van der Waals surface area contributed by atoms with Crippen molar-refractivity contribution in [3.8, 4) is 0 Å². The molecule has 1 aliphatic rings. The first-order valence-corrected chi connectivity index (χ1v) is 8.34. The highest BCUT2D eigenvalue weighted by atomic mass is 32.1. The van der Waals surface area contributed by atoms with Gasteiger partial charge in [-0.25, -0.2) is 4.79 Å². The molecule has 116 valence electrons. The molecule has 1 aliphatic carbocycles. The molecule has 0 aliphatic heterocycles. The van der Waals surface area contributed by atoms with E-state index in [4.69, 9.17) is 0 Å². The van der Waals surface area contributed by atoms with E-state index < -0.39 is 11.9 Å². The molecule has 21 heavy (non-hydrogen) atoms. The molecule has 3 unspecified atom stereocenters. The van der Waals surface area contributed by atoms with Crippen LogP contribution in [0.3, 0.4) is 0 Å². The number of urea groups is 1. The fourth-order valence-corrected chi connectivity index (χ4v) is 3.54. The van der Waals surface area contributed by atoms with Crippen LogP contribution in [0, 0.1) is 5.92 Å². The van der Waals surface area contributed by atoms with Gasteiger partial charge >= 0.3 is 12.0 Å². The number of hydrogen-bond acceptors (Lipinski definition) is 3. The maximum atomic E-state index is 12.1.